The van der Waals surface area contributed by atoms with Gasteiger partial charge < -0.3 is 4.57 Å². The second-order valence-corrected chi connectivity index (χ2v) is 2.49. The summed E-state index contributed by atoms with van der Waals surface area (Å²) in [6.45, 7) is 0.588. The normalized spacial score (nSPS) is 12.0. The number of aromatic nitrogens is 2. The zero-order valence-corrected chi connectivity index (χ0v) is 6.68. The Labute approximate surface area is 69.1 Å². The van der Waals surface area contributed by atoms with Crippen LogP contribution >= 0.6 is 23.2 Å². The molecule has 0 N–H and O–H groups in total. The third kappa shape index (κ3) is 2.05. The lowest BCUT2D eigenvalue weighted by atomic mass is 10.6. The van der Waals surface area contributed by atoms with Crippen LogP contribution in [0.1, 0.15) is 0 Å². The first-order valence-electron chi connectivity index (χ1n) is 2.73. The summed E-state index contributed by atoms with van der Waals surface area (Å²) in [5.41, 5.74) is 1.35. The van der Waals surface area contributed by atoms with Crippen molar-refractivity contribution >= 4 is 23.2 Å². The molecule has 0 bridgehead atoms. The van der Waals surface area contributed by atoms with E-state index in [1.54, 1.807) is 12.5 Å². The fourth-order valence-electron chi connectivity index (χ4n) is 0.589. The van der Waals surface area contributed by atoms with Gasteiger partial charge in [-0.25, -0.2) is 4.98 Å². The van der Waals surface area contributed by atoms with Gasteiger partial charge in [-0.1, -0.05) is 23.2 Å². The highest BCUT2D eigenvalue weighted by Gasteiger charge is 1.91. The Bertz CT molecular complexity index is 216. The average Bonchev–Trinajstić information content (AvgIpc) is 2.40. The monoisotopic (exact) mass is 176 g/mol. The van der Waals surface area contributed by atoms with E-state index in [0.29, 0.717) is 11.6 Å². The van der Waals surface area contributed by atoms with Gasteiger partial charge in [0.1, 0.15) is 0 Å². The lowest BCUT2D eigenvalue weighted by molar-refractivity contribution is 0.810. The minimum absolute atomic E-state index is 0.588. The number of nitrogens with zero attached hydrogens (tertiary/aromatic N) is 2. The fourth-order valence-corrected chi connectivity index (χ4v) is 0.796. The number of hydrogen-bond acceptors (Lipinski definition) is 1. The van der Waals surface area contributed by atoms with Crippen molar-refractivity contribution in [2.45, 2.75) is 6.54 Å². The fraction of sp³-hybridized carbons (Fsp3) is 0.167. The van der Waals surface area contributed by atoms with Gasteiger partial charge >= 0.3 is 0 Å². The molecule has 0 fully saturated rings. The Morgan fingerprint density at radius 2 is 2.50 bits per heavy atom. The minimum atomic E-state index is 0.588. The van der Waals surface area contributed by atoms with Crippen LogP contribution in [-0.4, -0.2) is 9.55 Å². The van der Waals surface area contributed by atoms with Gasteiger partial charge in [-0.3, -0.25) is 0 Å². The molecular weight excluding hydrogens is 171 g/mol. The summed E-state index contributed by atoms with van der Waals surface area (Å²) in [7, 11) is 0. The molecule has 2 nitrogen and oxygen atoms in total. The summed E-state index contributed by atoms with van der Waals surface area (Å²) in [4.78, 5) is 3.84. The molecule has 0 saturated carbocycles. The van der Waals surface area contributed by atoms with E-state index in [-0.39, 0.29) is 0 Å². The predicted molar refractivity (Wildman–Crippen MR) is 42.0 cm³/mol. The summed E-state index contributed by atoms with van der Waals surface area (Å²) in [6.07, 6.45) is 5.20. The smallest absolute Gasteiger partial charge is 0.0949 e. The maximum Gasteiger partial charge on any atom is 0.0949 e. The predicted octanol–water partition coefficient (Wildman–Crippen LogP) is 2.20. The number of rotatable bonds is 2. The Morgan fingerprint density at radius 1 is 1.70 bits per heavy atom. The third-order valence-electron chi connectivity index (χ3n) is 1.01. The summed E-state index contributed by atoms with van der Waals surface area (Å²) in [5.74, 6) is 0. The first kappa shape index (κ1) is 7.63. The van der Waals surface area contributed by atoms with E-state index < -0.39 is 0 Å². The SMILES string of the molecule is Cl/C=C(/Cl)Cn1ccnc1. The Morgan fingerprint density at radius 3 is 3.00 bits per heavy atom. The van der Waals surface area contributed by atoms with Crippen LogP contribution in [0, 0.1) is 0 Å². The van der Waals surface area contributed by atoms with Crippen molar-refractivity contribution in [3.63, 3.8) is 0 Å². The molecule has 0 saturated heterocycles. The van der Waals surface area contributed by atoms with Crippen molar-refractivity contribution in [2.24, 2.45) is 0 Å². The molecule has 0 aliphatic carbocycles. The molecule has 0 spiro atoms. The summed E-state index contributed by atoms with van der Waals surface area (Å²) < 4.78 is 1.83. The van der Waals surface area contributed by atoms with E-state index in [1.807, 2.05) is 10.8 Å². The summed E-state index contributed by atoms with van der Waals surface area (Å²) in [6, 6.07) is 0. The number of hydrogen-bond donors (Lipinski definition) is 0. The van der Waals surface area contributed by atoms with Crippen LogP contribution in [0.5, 0.6) is 0 Å². The molecule has 1 rings (SSSR count). The molecule has 0 atom stereocenters. The lowest BCUT2D eigenvalue weighted by Crippen LogP contribution is -1.92. The maximum atomic E-state index is 5.64. The molecule has 0 radical (unpaired) electrons. The topological polar surface area (TPSA) is 17.8 Å². The Hall–Kier alpha value is -0.470. The zero-order chi connectivity index (χ0) is 7.40. The molecule has 1 aromatic rings. The van der Waals surface area contributed by atoms with E-state index in [4.69, 9.17) is 23.2 Å². The van der Waals surface area contributed by atoms with Gasteiger partial charge in [-0.05, 0) is 0 Å². The van der Waals surface area contributed by atoms with Crippen molar-refractivity contribution in [1.29, 1.82) is 0 Å². The third-order valence-corrected chi connectivity index (χ3v) is 1.61. The van der Waals surface area contributed by atoms with Crippen LogP contribution in [-0.2, 0) is 6.54 Å². The highest BCUT2D eigenvalue weighted by Crippen LogP contribution is 2.05. The second-order valence-electron chi connectivity index (χ2n) is 1.79. The molecule has 0 amide bonds. The molecule has 0 aliphatic heterocycles. The molecule has 0 aromatic carbocycles. The van der Waals surface area contributed by atoms with Crippen LogP contribution in [0.3, 0.4) is 0 Å². The Kier molecular flexibility index (Phi) is 2.78. The standard InChI is InChI=1S/C6H6Cl2N2/c7-3-6(8)4-10-2-1-9-5-10/h1-3,5H,4H2/b6-3+. The van der Waals surface area contributed by atoms with Gasteiger partial charge in [0, 0.05) is 23.0 Å². The molecule has 1 aromatic heterocycles. The zero-order valence-electron chi connectivity index (χ0n) is 5.17. The first-order valence-corrected chi connectivity index (χ1v) is 3.55. The molecule has 1 heterocycles. The number of halogens is 2. The molecular formula is C6H6Cl2N2. The van der Waals surface area contributed by atoms with E-state index >= 15 is 0 Å². The Balaban J connectivity index is 2.56. The van der Waals surface area contributed by atoms with E-state index in [0.717, 1.165) is 0 Å². The van der Waals surface area contributed by atoms with Gasteiger partial charge in [-0.15, -0.1) is 0 Å². The van der Waals surface area contributed by atoms with Crippen LogP contribution in [0.4, 0.5) is 0 Å². The number of imidazole rings is 1. The molecule has 10 heavy (non-hydrogen) atoms. The molecule has 54 valence electrons. The second kappa shape index (κ2) is 3.64. The van der Waals surface area contributed by atoms with Crippen molar-refractivity contribution < 1.29 is 0 Å². The average molecular weight is 177 g/mol. The van der Waals surface area contributed by atoms with E-state index in [2.05, 4.69) is 4.98 Å². The van der Waals surface area contributed by atoms with Crippen LogP contribution in [0.25, 0.3) is 0 Å². The molecule has 0 aliphatic rings. The minimum Gasteiger partial charge on any atom is -0.332 e. The van der Waals surface area contributed by atoms with Crippen molar-refractivity contribution in [2.75, 3.05) is 0 Å². The van der Waals surface area contributed by atoms with Crippen molar-refractivity contribution in [1.82, 2.24) is 9.55 Å². The molecule has 0 unspecified atom stereocenters. The quantitative estimate of drug-likeness (QED) is 0.676. The largest absolute Gasteiger partial charge is 0.332 e. The van der Waals surface area contributed by atoms with Gasteiger partial charge in [0.15, 0.2) is 0 Å². The van der Waals surface area contributed by atoms with Gasteiger partial charge in [-0.2, -0.15) is 0 Å². The van der Waals surface area contributed by atoms with Gasteiger partial charge in [0.2, 0.25) is 0 Å². The van der Waals surface area contributed by atoms with Crippen molar-refractivity contribution in [3.05, 3.63) is 29.3 Å². The first-order chi connectivity index (χ1) is 4.83. The lowest BCUT2D eigenvalue weighted by Gasteiger charge is -1.96. The highest BCUT2D eigenvalue weighted by atomic mass is 35.5. The summed E-state index contributed by atoms with van der Waals surface area (Å²) >= 11 is 11.0. The van der Waals surface area contributed by atoms with Crippen LogP contribution in [0.2, 0.25) is 0 Å². The van der Waals surface area contributed by atoms with Crippen LogP contribution in [0.15, 0.2) is 29.3 Å². The highest BCUT2D eigenvalue weighted by molar-refractivity contribution is 6.36. The number of allylic oxidation sites excluding steroid dienone is 1. The summed E-state index contributed by atoms with van der Waals surface area (Å²) in [5, 5.41) is 0.597. The van der Waals surface area contributed by atoms with Gasteiger partial charge in [0.05, 0.1) is 12.9 Å². The maximum absolute atomic E-state index is 5.64. The van der Waals surface area contributed by atoms with Crippen molar-refractivity contribution in [3.8, 4) is 0 Å². The van der Waals surface area contributed by atoms with E-state index in [9.17, 15) is 0 Å². The van der Waals surface area contributed by atoms with E-state index in [1.165, 1.54) is 5.54 Å². The molecule has 4 heteroatoms. The van der Waals surface area contributed by atoms with Gasteiger partial charge in [0.25, 0.3) is 0 Å². The van der Waals surface area contributed by atoms with Crippen LogP contribution < -0.4 is 0 Å².